The molecule has 0 amide bonds. The Morgan fingerprint density at radius 3 is 2.82 bits per heavy atom. The number of nitrogens with zero attached hydrogens (tertiary/aromatic N) is 3. The summed E-state index contributed by atoms with van der Waals surface area (Å²) in [6.45, 7) is 0. The molecule has 2 rings (SSSR count). The molecular formula is C11H8BrN5. The van der Waals surface area contributed by atoms with Crippen molar-refractivity contribution in [3.63, 3.8) is 0 Å². The van der Waals surface area contributed by atoms with E-state index in [1.54, 1.807) is 18.2 Å². The monoisotopic (exact) mass is 289 g/mol. The van der Waals surface area contributed by atoms with Crippen LogP contribution in [0.1, 0.15) is 5.56 Å². The van der Waals surface area contributed by atoms with Crippen LogP contribution in [0.15, 0.2) is 35.1 Å². The lowest BCUT2D eigenvalue weighted by molar-refractivity contribution is 1.17. The van der Waals surface area contributed by atoms with E-state index in [2.05, 4.69) is 37.3 Å². The van der Waals surface area contributed by atoms with Gasteiger partial charge in [0.2, 0.25) is 0 Å². The third kappa shape index (κ3) is 2.71. The summed E-state index contributed by atoms with van der Waals surface area (Å²) in [6, 6.07) is 9.07. The second kappa shape index (κ2) is 4.80. The summed E-state index contributed by atoms with van der Waals surface area (Å²) in [5.74, 6) is 0.925. The van der Waals surface area contributed by atoms with E-state index in [1.807, 2.05) is 6.07 Å². The molecule has 0 atom stereocenters. The third-order valence-corrected chi connectivity index (χ3v) is 2.55. The van der Waals surface area contributed by atoms with Crippen LogP contribution < -0.4 is 11.1 Å². The van der Waals surface area contributed by atoms with Crippen LogP contribution in [0.25, 0.3) is 0 Å². The van der Waals surface area contributed by atoms with Crippen molar-refractivity contribution in [1.29, 1.82) is 5.26 Å². The molecule has 0 fully saturated rings. The zero-order chi connectivity index (χ0) is 12.3. The van der Waals surface area contributed by atoms with Crippen LogP contribution in [0.4, 0.5) is 17.3 Å². The first kappa shape index (κ1) is 11.4. The Morgan fingerprint density at radius 1 is 1.29 bits per heavy atom. The Hall–Kier alpha value is -2.13. The summed E-state index contributed by atoms with van der Waals surface area (Å²) >= 11 is 3.31. The highest BCUT2D eigenvalue weighted by molar-refractivity contribution is 9.10. The molecule has 2 aromatic rings. The Morgan fingerprint density at radius 2 is 2.12 bits per heavy atom. The minimum Gasteiger partial charge on any atom is -0.384 e. The van der Waals surface area contributed by atoms with E-state index in [9.17, 15) is 0 Å². The van der Waals surface area contributed by atoms with Crippen LogP contribution in [0.2, 0.25) is 0 Å². The number of nitrogens with one attached hydrogen (secondary N) is 1. The largest absolute Gasteiger partial charge is 0.384 e. The van der Waals surface area contributed by atoms with Gasteiger partial charge in [-0.25, -0.2) is 9.97 Å². The van der Waals surface area contributed by atoms with Gasteiger partial charge in [-0.3, -0.25) is 0 Å². The van der Waals surface area contributed by atoms with Crippen molar-refractivity contribution in [2.24, 2.45) is 0 Å². The molecule has 1 heterocycles. The summed E-state index contributed by atoms with van der Waals surface area (Å²) in [5.41, 5.74) is 6.74. The normalized spacial score (nSPS) is 9.65. The van der Waals surface area contributed by atoms with Crippen molar-refractivity contribution in [3.8, 4) is 6.07 Å². The fraction of sp³-hybridized carbons (Fsp3) is 0. The van der Waals surface area contributed by atoms with Crippen molar-refractivity contribution >= 4 is 33.3 Å². The molecular weight excluding hydrogens is 282 g/mol. The van der Waals surface area contributed by atoms with E-state index in [0.29, 0.717) is 22.9 Å². The number of nitriles is 1. The van der Waals surface area contributed by atoms with Crippen LogP contribution in [0.5, 0.6) is 0 Å². The fourth-order valence-corrected chi connectivity index (χ4v) is 1.66. The van der Waals surface area contributed by atoms with Gasteiger partial charge in [0.05, 0.1) is 11.3 Å². The second-order valence-electron chi connectivity index (χ2n) is 3.25. The van der Waals surface area contributed by atoms with Gasteiger partial charge in [-0.05, 0) is 18.2 Å². The zero-order valence-electron chi connectivity index (χ0n) is 8.68. The van der Waals surface area contributed by atoms with Gasteiger partial charge in [-0.1, -0.05) is 15.9 Å². The van der Waals surface area contributed by atoms with Gasteiger partial charge in [0.25, 0.3) is 0 Å². The first-order valence-corrected chi connectivity index (χ1v) is 5.52. The smallest absolute Gasteiger partial charge is 0.135 e. The Kier molecular flexibility index (Phi) is 3.21. The van der Waals surface area contributed by atoms with Gasteiger partial charge in [0, 0.05) is 10.5 Å². The first-order valence-electron chi connectivity index (χ1n) is 4.73. The molecule has 17 heavy (non-hydrogen) atoms. The summed E-state index contributed by atoms with van der Waals surface area (Å²) in [4.78, 5) is 7.80. The van der Waals surface area contributed by atoms with E-state index >= 15 is 0 Å². The van der Waals surface area contributed by atoms with E-state index in [0.717, 1.165) is 4.47 Å². The summed E-state index contributed by atoms with van der Waals surface area (Å²) < 4.78 is 0.849. The highest BCUT2D eigenvalue weighted by atomic mass is 79.9. The molecule has 5 nitrogen and oxygen atoms in total. The quantitative estimate of drug-likeness (QED) is 0.887. The lowest BCUT2D eigenvalue weighted by Crippen LogP contribution is -1.98. The number of aromatic nitrogens is 2. The highest BCUT2D eigenvalue weighted by Gasteiger charge is 2.04. The molecule has 1 aromatic carbocycles. The van der Waals surface area contributed by atoms with Gasteiger partial charge in [0.15, 0.2) is 0 Å². The van der Waals surface area contributed by atoms with Crippen molar-refractivity contribution in [2.75, 3.05) is 11.1 Å². The molecule has 0 aliphatic carbocycles. The number of benzene rings is 1. The third-order valence-electron chi connectivity index (χ3n) is 2.05. The fourth-order valence-electron chi connectivity index (χ4n) is 1.30. The molecule has 84 valence electrons. The van der Waals surface area contributed by atoms with Gasteiger partial charge in [0.1, 0.15) is 24.0 Å². The first-order chi connectivity index (χ1) is 8.19. The Balaban J connectivity index is 2.34. The maximum absolute atomic E-state index is 9.01. The van der Waals surface area contributed by atoms with Gasteiger partial charge in [-0.15, -0.1) is 0 Å². The Bertz CT molecular complexity index is 591. The maximum Gasteiger partial charge on any atom is 0.135 e. The predicted molar refractivity (Wildman–Crippen MR) is 68.6 cm³/mol. The van der Waals surface area contributed by atoms with Crippen molar-refractivity contribution < 1.29 is 0 Å². The summed E-state index contributed by atoms with van der Waals surface area (Å²) in [6.07, 6.45) is 1.36. The molecule has 0 radical (unpaired) electrons. The molecule has 0 unspecified atom stereocenters. The minimum absolute atomic E-state index is 0.373. The van der Waals surface area contributed by atoms with Crippen molar-refractivity contribution in [2.45, 2.75) is 0 Å². The molecule has 1 aromatic heterocycles. The predicted octanol–water partition coefficient (Wildman–Crippen LogP) is 2.44. The van der Waals surface area contributed by atoms with Crippen LogP contribution in [-0.4, -0.2) is 9.97 Å². The molecule has 0 bridgehead atoms. The number of halogens is 1. The zero-order valence-corrected chi connectivity index (χ0v) is 10.3. The summed E-state index contributed by atoms with van der Waals surface area (Å²) in [7, 11) is 0. The van der Waals surface area contributed by atoms with E-state index in [-0.39, 0.29) is 0 Å². The molecule has 0 saturated carbocycles. The number of nitrogen functional groups attached to an aromatic ring is 1. The van der Waals surface area contributed by atoms with Crippen LogP contribution >= 0.6 is 15.9 Å². The number of nitrogens with two attached hydrogens (primary N) is 1. The van der Waals surface area contributed by atoms with Crippen molar-refractivity contribution in [3.05, 3.63) is 40.6 Å². The number of hydrogen-bond donors (Lipinski definition) is 2. The minimum atomic E-state index is 0.373. The molecule has 0 spiro atoms. The topological polar surface area (TPSA) is 87.6 Å². The molecule has 0 saturated heterocycles. The van der Waals surface area contributed by atoms with E-state index in [4.69, 9.17) is 11.0 Å². The maximum atomic E-state index is 9.01. The second-order valence-corrected chi connectivity index (χ2v) is 4.17. The van der Waals surface area contributed by atoms with Crippen LogP contribution in [0, 0.1) is 11.3 Å². The average Bonchev–Trinajstić information content (AvgIpc) is 2.31. The standard InChI is InChI=1S/C11H8BrN5/c12-8-1-2-9(7(3-8)5-13)17-11-4-10(14)15-6-16-11/h1-4,6H,(H3,14,15,16,17). The van der Waals surface area contributed by atoms with E-state index in [1.165, 1.54) is 6.33 Å². The SMILES string of the molecule is N#Cc1cc(Br)ccc1Nc1cc(N)ncn1. The molecule has 3 N–H and O–H groups in total. The van der Waals surface area contributed by atoms with Crippen LogP contribution in [0.3, 0.4) is 0 Å². The van der Waals surface area contributed by atoms with Crippen LogP contribution in [-0.2, 0) is 0 Å². The lowest BCUT2D eigenvalue weighted by Gasteiger charge is -2.07. The Labute approximate surface area is 106 Å². The van der Waals surface area contributed by atoms with E-state index < -0.39 is 0 Å². The molecule has 6 heteroatoms. The van der Waals surface area contributed by atoms with Gasteiger partial charge < -0.3 is 11.1 Å². The van der Waals surface area contributed by atoms with Crippen molar-refractivity contribution in [1.82, 2.24) is 9.97 Å². The van der Waals surface area contributed by atoms with Gasteiger partial charge in [-0.2, -0.15) is 5.26 Å². The number of rotatable bonds is 2. The summed E-state index contributed by atoms with van der Waals surface area (Å²) in [5, 5.41) is 12.0. The molecule has 0 aliphatic heterocycles. The molecule has 0 aliphatic rings. The van der Waals surface area contributed by atoms with Gasteiger partial charge >= 0.3 is 0 Å². The highest BCUT2D eigenvalue weighted by Crippen LogP contribution is 2.23. The number of anilines is 3. The average molecular weight is 290 g/mol. The number of hydrogen-bond acceptors (Lipinski definition) is 5. The lowest BCUT2D eigenvalue weighted by atomic mass is 10.2.